The van der Waals surface area contributed by atoms with Crippen molar-refractivity contribution in [2.75, 3.05) is 33.2 Å². The number of likely N-dealkylation sites (N-methyl/N-ethyl adjacent to an activating group) is 1. The van der Waals surface area contributed by atoms with Crippen LogP contribution in [0.4, 0.5) is 0 Å². The fourth-order valence-corrected chi connectivity index (χ4v) is 8.07. The third-order valence-corrected chi connectivity index (χ3v) is 9.48. The number of benzene rings is 2. The summed E-state index contributed by atoms with van der Waals surface area (Å²) in [6, 6.07) is 12.6. The van der Waals surface area contributed by atoms with Crippen LogP contribution in [0.2, 0.25) is 0 Å². The molecule has 0 unspecified atom stereocenters. The molecule has 37 heavy (non-hydrogen) atoms. The highest BCUT2D eigenvalue weighted by Crippen LogP contribution is 2.62. The van der Waals surface area contributed by atoms with E-state index in [9.17, 15) is 15.0 Å². The molecule has 4 aliphatic carbocycles. The number of rotatable bonds is 6. The van der Waals surface area contributed by atoms with Crippen molar-refractivity contribution < 1.29 is 15.0 Å². The Morgan fingerprint density at radius 1 is 0.946 bits per heavy atom. The second-order valence-corrected chi connectivity index (χ2v) is 12.1. The van der Waals surface area contributed by atoms with Crippen molar-refractivity contribution in [3.63, 3.8) is 0 Å². The highest BCUT2D eigenvalue weighted by atomic mass is 35.5. The molecule has 5 fully saturated rings. The van der Waals surface area contributed by atoms with Crippen LogP contribution in [0.15, 0.2) is 42.5 Å². The molecule has 198 valence electrons. The first-order valence-electron chi connectivity index (χ1n) is 13.7. The van der Waals surface area contributed by atoms with E-state index in [1.807, 2.05) is 12.1 Å². The summed E-state index contributed by atoms with van der Waals surface area (Å²) < 4.78 is 0. The van der Waals surface area contributed by atoms with Crippen LogP contribution in [0.25, 0.3) is 17.2 Å². The van der Waals surface area contributed by atoms with Gasteiger partial charge in [0.2, 0.25) is 0 Å². The molecule has 2 N–H and O–H groups in total. The summed E-state index contributed by atoms with van der Waals surface area (Å²) in [5, 5.41) is 20.2. The lowest BCUT2D eigenvalue weighted by atomic mass is 9.48. The van der Waals surface area contributed by atoms with Crippen molar-refractivity contribution in [1.82, 2.24) is 9.80 Å². The topological polar surface area (TPSA) is 64.0 Å². The average Bonchev–Trinajstić information content (AvgIpc) is 2.84. The molecule has 0 amide bonds. The summed E-state index contributed by atoms with van der Waals surface area (Å²) in [4.78, 5) is 16.0. The van der Waals surface area contributed by atoms with Gasteiger partial charge in [-0.2, -0.15) is 0 Å². The van der Waals surface area contributed by atoms with E-state index in [4.69, 9.17) is 0 Å². The standard InChI is InChI=1S/C31H38N2O3.ClH/c1-32-8-10-33(11-9-32)20-27-15-25(3-2-24(27)5-7-30(35)36)26-4-6-29(34)28(16-26)31-17-21-12-22(18-31)14-23(13-21)19-31;/h2-7,15-16,21-23,34H,8-14,17-20H2,1H3,(H,35,36);1H. The number of piperazine rings is 1. The van der Waals surface area contributed by atoms with Crippen LogP contribution in [0.1, 0.15) is 55.2 Å². The maximum absolute atomic E-state index is 11.2. The minimum absolute atomic E-state index is 0. The lowest BCUT2D eigenvalue weighted by Crippen LogP contribution is -2.48. The minimum Gasteiger partial charge on any atom is -0.508 e. The van der Waals surface area contributed by atoms with Crippen molar-refractivity contribution in [3.8, 4) is 16.9 Å². The van der Waals surface area contributed by atoms with Crippen LogP contribution >= 0.6 is 12.4 Å². The maximum atomic E-state index is 11.2. The summed E-state index contributed by atoms with van der Waals surface area (Å²) in [5.74, 6) is 2.02. The number of hydrogen-bond donors (Lipinski definition) is 2. The second kappa shape index (κ2) is 10.4. The van der Waals surface area contributed by atoms with Gasteiger partial charge in [-0.3, -0.25) is 4.90 Å². The van der Waals surface area contributed by atoms with Gasteiger partial charge < -0.3 is 15.1 Å². The number of hydrogen-bond acceptors (Lipinski definition) is 4. The van der Waals surface area contributed by atoms with Crippen LogP contribution in [-0.4, -0.2) is 59.2 Å². The maximum Gasteiger partial charge on any atom is 0.328 e. The van der Waals surface area contributed by atoms with Gasteiger partial charge in [-0.25, -0.2) is 4.79 Å². The van der Waals surface area contributed by atoms with Crippen LogP contribution in [0.5, 0.6) is 5.75 Å². The molecule has 0 radical (unpaired) electrons. The molecule has 7 rings (SSSR count). The number of aromatic hydroxyl groups is 1. The van der Waals surface area contributed by atoms with Gasteiger partial charge in [0.1, 0.15) is 5.75 Å². The minimum atomic E-state index is -0.927. The number of carbonyl (C=O) groups is 1. The van der Waals surface area contributed by atoms with Crippen molar-refractivity contribution in [2.45, 2.75) is 50.5 Å². The molecular weight excluding hydrogens is 484 g/mol. The smallest absolute Gasteiger partial charge is 0.328 e. The molecule has 2 aromatic rings. The normalized spacial score (nSPS) is 29.5. The Balaban J connectivity index is 0.00000280. The Hall–Kier alpha value is -2.34. The highest BCUT2D eigenvalue weighted by Gasteiger charge is 2.52. The molecule has 4 saturated carbocycles. The molecule has 4 bridgehead atoms. The van der Waals surface area contributed by atoms with Gasteiger partial charge in [0.05, 0.1) is 0 Å². The predicted molar refractivity (Wildman–Crippen MR) is 150 cm³/mol. The van der Waals surface area contributed by atoms with Crippen LogP contribution in [-0.2, 0) is 16.8 Å². The van der Waals surface area contributed by atoms with Gasteiger partial charge in [0.15, 0.2) is 0 Å². The summed E-state index contributed by atoms with van der Waals surface area (Å²) >= 11 is 0. The Kier molecular flexibility index (Phi) is 7.41. The van der Waals surface area contributed by atoms with E-state index in [-0.39, 0.29) is 17.8 Å². The zero-order chi connectivity index (χ0) is 24.9. The quantitative estimate of drug-likeness (QED) is 0.470. The predicted octanol–water partition coefficient (Wildman–Crippen LogP) is 5.79. The summed E-state index contributed by atoms with van der Waals surface area (Å²) in [5.41, 5.74) is 5.69. The largest absolute Gasteiger partial charge is 0.508 e. The van der Waals surface area contributed by atoms with E-state index in [0.717, 1.165) is 78.3 Å². The Labute approximate surface area is 226 Å². The molecule has 0 atom stereocenters. The molecule has 0 aromatic heterocycles. The first-order valence-corrected chi connectivity index (χ1v) is 13.7. The lowest BCUT2D eigenvalue weighted by Gasteiger charge is -2.57. The third-order valence-electron chi connectivity index (χ3n) is 9.48. The summed E-state index contributed by atoms with van der Waals surface area (Å²) in [7, 11) is 2.16. The van der Waals surface area contributed by atoms with E-state index in [1.54, 1.807) is 6.08 Å². The zero-order valence-corrected chi connectivity index (χ0v) is 22.6. The van der Waals surface area contributed by atoms with Crippen LogP contribution in [0, 0.1) is 17.8 Å². The number of nitrogens with zero attached hydrogens (tertiary/aromatic N) is 2. The highest BCUT2D eigenvalue weighted by molar-refractivity contribution is 5.86. The third kappa shape index (κ3) is 5.32. The first kappa shape index (κ1) is 26.3. The fourth-order valence-electron chi connectivity index (χ4n) is 8.07. The summed E-state index contributed by atoms with van der Waals surface area (Å²) in [6.45, 7) is 4.93. The van der Waals surface area contributed by atoms with Crippen molar-refractivity contribution >= 4 is 24.5 Å². The van der Waals surface area contributed by atoms with Gasteiger partial charge in [-0.05, 0) is 115 Å². The van der Waals surface area contributed by atoms with Gasteiger partial charge in [-0.1, -0.05) is 18.2 Å². The number of halogens is 1. The van der Waals surface area contributed by atoms with Crippen molar-refractivity contribution in [1.29, 1.82) is 0 Å². The molecule has 5 aliphatic rings. The Bertz CT molecular complexity index is 1150. The SMILES string of the molecule is CN1CCN(Cc2cc(-c3ccc(O)c(C45CC6CC(CC(C6)C4)C5)c3)ccc2C=CC(=O)O)CC1.Cl. The fraction of sp³-hybridized carbons (Fsp3) is 0.516. The van der Waals surface area contributed by atoms with Gasteiger partial charge >= 0.3 is 5.97 Å². The molecule has 1 heterocycles. The first-order chi connectivity index (χ1) is 17.4. The van der Waals surface area contributed by atoms with Gasteiger partial charge in [-0.15, -0.1) is 12.4 Å². The number of carboxylic acids is 1. The average molecular weight is 523 g/mol. The zero-order valence-electron chi connectivity index (χ0n) is 21.7. The molecule has 1 aliphatic heterocycles. The van der Waals surface area contributed by atoms with E-state index < -0.39 is 5.97 Å². The van der Waals surface area contributed by atoms with Crippen LogP contribution in [0.3, 0.4) is 0 Å². The number of carboxylic acid groups (broad SMARTS) is 1. The van der Waals surface area contributed by atoms with Gasteiger partial charge in [0, 0.05) is 44.4 Å². The van der Waals surface area contributed by atoms with E-state index in [1.165, 1.54) is 44.6 Å². The number of phenols is 1. The molecule has 1 saturated heterocycles. The lowest BCUT2D eigenvalue weighted by molar-refractivity contribution is -0.131. The molecule has 0 spiro atoms. The van der Waals surface area contributed by atoms with E-state index in [2.05, 4.69) is 41.1 Å². The van der Waals surface area contributed by atoms with E-state index in [0.29, 0.717) is 5.75 Å². The monoisotopic (exact) mass is 522 g/mol. The second-order valence-electron chi connectivity index (χ2n) is 12.1. The Morgan fingerprint density at radius 3 is 2.16 bits per heavy atom. The number of phenolic OH excluding ortho intramolecular Hbond substituents is 1. The van der Waals surface area contributed by atoms with E-state index >= 15 is 0 Å². The molecule has 5 nitrogen and oxygen atoms in total. The molecule has 6 heteroatoms. The van der Waals surface area contributed by atoms with Crippen molar-refractivity contribution in [2.24, 2.45) is 17.8 Å². The molecular formula is C31H39ClN2O3. The van der Waals surface area contributed by atoms with Crippen molar-refractivity contribution in [3.05, 3.63) is 59.2 Å². The van der Waals surface area contributed by atoms with Gasteiger partial charge in [0.25, 0.3) is 0 Å². The Morgan fingerprint density at radius 2 is 1.54 bits per heavy atom. The molecule has 2 aromatic carbocycles. The summed E-state index contributed by atoms with van der Waals surface area (Å²) in [6.07, 6.45) is 10.8. The van der Waals surface area contributed by atoms with Crippen LogP contribution < -0.4 is 0 Å². The number of aliphatic carboxylic acids is 1.